The van der Waals surface area contributed by atoms with E-state index in [2.05, 4.69) is 154 Å². The molecule has 2 aromatic heterocycles. The quantitative estimate of drug-likeness (QED) is 0.174. The fraction of sp³-hybridized carbons (Fsp3) is 0. The number of rotatable bonds is 5. The normalized spacial score (nSPS) is 11.9. The van der Waals surface area contributed by atoms with Crippen molar-refractivity contribution in [2.75, 3.05) is 4.90 Å². The zero-order valence-electron chi connectivity index (χ0n) is 27.6. The average Bonchev–Trinajstić information content (AvgIpc) is 3.19. The number of benzene rings is 9. The number of nitrogens with zero attached hydrogens (tertiary/aromatic N) is 3. The maximum atomic E-state index is 4.49. The molecule has 0 spiro atoms. The summed E-state index contributed by atoms with van der Waals surface area (Å²) in [7, 11) is 0. The molecule has 11 aromatic rings. The SMILES string of the molecule is c1cncc(-c2cc(-c3cccnc3)cc(N(c3cc4ccc5cccc6ccc(c3)c4c56)c3cc4ccc5cccc6ccc(c3)c4c56)c2)c1. The van der Waals surface area contributed by atoms with Gasteiger partial charge in [-0.15, -0.1) is 0 Å². The molecule has 0 fully saturated rings. The third-order valence-electron chi connectivity index (χ3n) is 10.6. The Hall–Kier alpha value is -6.84. The molecular formula is C48H29N3. The molecule has 3 nitrogen and oxygen atoms in total. The van der Waals surface area contributed by atoms with E-state index in [9.17, 15) is 0 Å². The summed E-state index contributed by atoms with van der Waals surface area (Å²) in [6.07, 6.45) is 7.54. The molecule has 0 N–H and O–H groups in total. The Morgan fingerprint density at radius 3 is 1.02 bits per heavy atom. The topological polar surface area (TPSA) is 29.0 Å². The summed E-state index contributed by atoms with van der Waals surface area (Å²) in [6.45, 7) is 0. The van der Waals surface area contributed by atoms with Crippen molar-refractivity contribution in [3.63, 3.8) is 0 Å². The van der Waals surface area contributed by atoms with Gasteiger partial charge in [0.15, 0.2) is 0 Å². The largest absolute Gasteiger partial charge is 0.310 e. The van der Waals surface area contributed by atoms with E-state index in [0.717, 1.165) is 39.3 Å². The summed E-state index contributed by atoms with van der Waals surface area (Å²) in [4.78, 5) is 11.4. The van der Waals surface area contributed by atoms with Gasteiger partial charge in [0.25, 0.3) is 0 Å². The first-order chi connectivity index (χ1) is 25.2. The number of hydrogen-bond acceptors (Lipinski definition) is 3. The fourth-order valence-electron chi connectivity index (χ4n) is 8.32. The Balaban J connectivity index is 1.22. The van der Waals surface area contributed by atoms with Gasteiger partial charge in [-0.05, 0) is 130 Å². The van der Waals surface area contributed by atoms with Gasteiger partial charge in [-0.3, -0.25) is 9.97 Å². The molecule has 0 aliphatic carbocycles. The first kappa shape index (κ1) is 28.0. The van der Waals surface area contributed by atoms with Gasteiger partial charge in [0.1, 0.15) is 0 Å². The number of anilines is 3. The van der Waals surface area contributed by atoms with Crippen molar-refractivity contribution >= 4 is 81.7 Å². The van der Waals surface area contributed by atoms with E-state index < -0.39 is 0 Å². The van der Waals surface area contributed by atoms with Crippen molar-refractivity contribution in [3.8, 4) is 22.3 Å². The Kier molecular flexibility index (Phi) is 5.96. The highest BCUT2D eigenvalue weighted by atomic mass is 15.1. The van der Waals surface area contributed by atoms with Gasteiger partial charge in [-0.2, -0.15) is 0 Å². The predicted molar refractivity (Wildman–Crippen MR) is 215 cm³/mol. The molecule has 3 heteroatoms. The highest BCUT2D eigenvalue weighted by Gasteiger charge is 2.20. The molecule has 2 heterocycles. The van der Waals surface area contributed by atoms with Gasteiger partial charge >= 0.3 is 0 Å². The molecule has 0 radical (unpaired) electrons. The summed E-state index contributed by atoms with van der Waals surface area (Å²) in [5.41, 5.74) is 7.60. The number of hydrogen-bond donors (Lipinski definition) is 0. The van der Waals surface area contributed by atoms with Crippen LogP contribution < -0.4 is 4.90 Å². The van der Waals surface area contributed by atoms with Crippen LogP contribution in [-0.4, -0.2) is 9.97 Å². The van der Waals surface area contributed by atoms with Crippen LogP contribution in [0.15, 0.2) is 176 Å². The minimum Gasteiger partial charge on any atom is -0.310 e. The minimum absolute atomic E-state index is 1.07. The number of aromatic nitrogens is 2. The van der Waals surface area contributed by atoms with Gasteiger partial charge in [0.2, 0.25) is 0 Å². The maximum Gasteiger partial charge on any atom is 0.0474 e. The van der Waals surface area contributed by atoms with E-state index in [0.29, 0.717) is 0 Å². The zero-order valence-corrected chi connectivity index (χ0v) is 27.6. The average molecular weight is 648 g/mol. The molecule has 0 saturated carbocycles. The van der Waals surface area contributed by atoms with Crippen molar-refractivity contribution in [3.05, 3.63) is 176 Å². The lowest BCUT2D eigenvalue weighted by molar-refractivity contribution is 1.29. The van der Waals surface area contributed by atoms with Crippen LogP contribution in [0.4, 0.5) is 17.1 Å². The monoisotopic (exact) mass is 647 g/mol. The van der Waals surface area contributed by atoms with Crippen molar-refractivity contribution < 1.29 is 0 Å². The lowest BCUT2D eigenvalue weighted by atomic mass is 9.92. The maximum absolute atomic E-state index is 4.49. The smallest absolute Gasteiger partial charge is 0.0474 e. The molecule has 0 aliphatic heterocycles. The highest BCUT2D eigenvalue weighted by Crippen LogP contribution is 2.46. The lowest BCUT2D eigenvalue weighted by Gasteiger charge is -2.28. The Morgan fingerprint density at radius 2 is 0.647 bits per heavy atom. The Morgan fingerprint density at radius 1 is 0.294 bits per heavy atom. The van der Waals surface area contributed by atoms with Crippen molar-refractivity contribution in [1.82, 2.24) is 9.97 Å². The molecule has 236 valence electrons. The lowest BCUT2D eigenvalue weighted by Crippen LogP contribution is -2.11. The molecule has 0 unspecified atom stereocenters. The third-order valence-corrected chi connectivity index (χ3v) is 10.6. The van der Waals surface area contributed by atoms with E-state index in [1.807, 2.05) is 36.9 Å². The summed E-state index contributed by atoms with van der Waals surface area (Å²) < 4.78 is 0. The van der Waals surface area contributed by atoms with Crippen LogP contribution in [-0.2, 0) is 0 Å². The van der Waals surface area contributed by atoms with E-state index in [1.54, 1.807) is 0 Å². The standard InChI is InChI=1S/C48H29N3/c1-5-30-11-15-34-22-42(23-35-16-12-31(6-1)45(30)47(34)35)51(43-24-36-17-13-32-7-2-8-33-14-18-37(25-43)48(36)46(32)33)44-26-40(38-9-3-19-49-28-38)21-41(27-44)39-10-4-20-50-29-39/h1-29H. The molecule has 0 atom stereocenters. The van der Waals surface area contributed by atoms with Crippen molar-refractivity contribution in [1.29, 1.82) is 0 Å². The molecule has 51 heavy (non-hydrogen) atoms. The molecule has 9 aromatic carbocycles. The van der Waals surface area contributed by atoms with E-state index >= 15 is 0 Å². The van der Waals surface area contributed by atoms with Gasteiger partial charge < -0.3 is 4.90 Å². The van der Waals surface area contributed by atoms with Crippen LogP contribution in [0.1, 0.15) is 0 Å². The molecule has 0 aliphatic rings. The Bertz CT molecular complexity index is 2740. The van der Waals surface area contributed by atoms with Crippen LogP contribution in [0, 0.1) is 0 Å². The molecule has 0 amide bonds. The highest BCUT2D eigenvalue weighted by molar-refractivity contribution is 6.25. The number of pyridine rings is 2. The predicted octanol–water partition coefficient (Wildman–Crippen LogP) is 13.1. The second kappa shape index (κ2) is 10.8. The van der Waals surface area contributed by atoms with Gasteiger partial charge in [-0.1, -0.05) is 97.1 Å². The second-order valence-corrected chi connectivity index (χ2v) is 13.5. The third kappa shape index (κ3) is 4.38. The Labute approximate surface area is 294 Å². The van der Waals surface area contributed by atoms with Gasteiger partial charge in [0.05, 0.1) is 0 Å². The van der Waals surface area contributed by atoms with E-state index in [4.69, 9.17) is 0 Å². The zero-order chi connectivity index (χ0) is 33.5. The van der Waals surface area contributed by atoms with Crippen LogP contribution in [0.3, 0.4) is 0 Å². The first-order valence-electron chi connectivity index (χ1n) is 17.4. The fourth-order valence-corrected chi connectivity index (χ4v) is 8.32. The second-order valence-electron chi connectivity index (χ2n) is 13.5. The molecule has 11 rings (SSSR count). The van der Waals surface area contributed by atoms with Crippen LogP contribution in [0.5, 0.6) is 0 Å². The van der Waals surface area contributed by atoms with Gasteiger partial charge in [0, 0.05) is 53.0 Å². The minimum atomic E-state index is 1.07. The van der Waals surface area contributed by atoms with E-state index in [1.165, 1.54) is 64.6 Å². The van der Waals surface area contributed by atoms with Crippen molar-refractivity contribution in [2.45, 2.75) is 0 Å². The first-order valence-corrected chi connectivity index (χ1v) is 17.4. The van der Waals surface area contributed by atoms with Crippen LogP contribution in [0.25, 0.3) is 86.9 Å². The molecule has 0 saturated heterocycles. The van der Waals surface area contributed by atoms with Gasteiger partial charge in [-0.25, -0.2) is 0 Å². The summed E-state index contributed by atoms with van der Waals surface area (Å²) >= 11 is 0. The van der Waals surface area contributed by atoms with Crippen LogP contribution >= 0.6 is 0 Å². The summed E-state index contributed by atoms with van der Waals surface area (Å²) in [5, 5.41) is 15.3. The summed E-state index contributed by atoms with van der Waals surface area (Å²) in [5.74, 6) is 0. The van der Waals surface area contributed by atoms with E-state index in [-0.39, 0.29) is 0 Å². The summed E-state index contributed by atoms with van der Waals surface area (Å²) in [6, 6.07) is 55.9. The van der Waals surface area contributed by atoms with Crippen LogP contribution in [0.2, 0.25) is 0 Å². The van der Waals surface area contributed by atoms with Crippen molar-refractivity contribution in [2.24, 2.45) is 0 Å². The molecule has 0 bridgehead atoms. The molecular weight excluding hydrogens is 619 g/mol.